The van der Waals surface area contributed by atoms with E-state index in [1.165, 1.54) is 22.7 Å². The first kappa shape index (κ1) is 18.5. The van der Waals surface area contributed by atoms with Crippen LogP contribution in [0.15, 0.2) is 26.4 Å². The Kier molecular flexibility index (Phi) is 5.19. The number of aromatic amines is 1. The van der Waals surface area contributed by atoms with Gasteiger partial charge < -0.3 is 25.8 Å². The van der Waals surface area contributed by atoms with Gasteiger partial charge in [-0.1, -0.05) is 0 Å². The molecule has 0 fully saturated rings. The molecule has 0 aliphatic carbocycles. The number of aromatic carboxylic acids is 1. The van der Waals surface area contributed by atoms with E-state index < -0.39 is 29.0 Å². The van der Waals surface area contributed by atoms with Gasteiger partial charge in [0.05, 0.1) is 28.5 Å². The van der Waals surface area contributed by atoms with Gasteiger partial charge in [0.15, 0.2) is 5.69 Å². The van der Waals surface area contributed by atoms with Gasteiger partial charge >= 0.3 is 12.0 Å². The molecular formula is C15H13N5O5S2. The molecule has 12 heteroatoms. The van der Waals surface area contributed by atoms with Crippen LogP contribution < -0.4 is 16.2 Å². The molecule has 0 saturated heterocycles. The lowest BCUT2D eigenvalue weighted by Gasteiger charge is -2.13. The van der Waals surface area contributed by atoms with Crippen molar-refractivity contribution in [2.24, 2.45) is 0 Å². The lowest BCUT2D eigenvalue weighted by molar-refractivity contribution is 0.0686. The first-order chi connectivity index (χ1) is 12.9. The summed E-state index contributed by atoms with van der Waals surface area (Å²) >= 11 is 2.63. The Hall–Kier alpha value is -3.25. The van der Waals surface area contributed by atoms with Gasteiger partial charge in [-0.25, -0.2) is 19.6 Å². The lowest BCUT2D eigenvalue weighted by atomic mass is 10.2. The largest absolute Gasteiger partial charge is 0.501 e. The molecule has 27 heavy (non-hydrogen) atoms. The molecule has 0 aromatic carbocycles. The van der Waals surface area contributed by atoms with E-state index in [9.17, 15) is 19.5 Å². The topological polar surface area (TPSA) is 157 Å². The number of hydrogen-bond acceptors (Lipinski definition) is 8. The molecule has 10 nitrogen and oxygen atoms in total. The normalized spacial score (nSPS) is 11.7. The van der Waals surface area contributed by atoms with Crippen molar-refractivity contribution in [2.75, 3.05) is 5.32 Å². The minimum absolute atomic E-state index is 0.0840. The number of amides is 2. The second-order valence-electron chi connectivity index (χ2n) is 5.35. The number of carboxylic acid groups (broad SMARTS) is 1. The summed E-state index contributed by atoms with van der Waals surface area (Å²) in [7, 11) is 0. The van der Waals surface area contributed by atoms with Crippen LogP contribution in [-0.2, 0) is 0 Å². The highest BCUT2D eigenvalue weighted by Gasteiger charge is 2.20. The van der Waals surface area contributed by atoms with E-state index in [4.69, 9.17) is 5.11 Å². The summed E-state index contributed by atoms with van der Waals surface area (Å²) in [5.74, 6) is -2.61. The quantitative estimate of drug-likeness (QED) is 0.434. The average molecular weight is 407 g/mol. The first-order valence-corrected chi connectivity index (χ1v) is 9.34. The van der Waals surface area contributed by atoms with Gasteiger partial charge in [-0.05, 0) is 6.92 Å². The molecule has 0 aliphatic rings. The van der Waals surface area contributed by atoms with Gasteiger partial charge in [0.1, 0.15) is 5.82 Å². The number of rotatable bonds is 5. The smallest absolute Gasteiger partial charge is 0.358 e. The second kappa shape index (κ2) is 7.55. The number of urea groups is 1. The van der Waals surface area contributed by atoms with Crippen molar-refractivity contribution in [3.63, 3.8) is 0 Å². The zero-order chi connectivity index (χ0) is 19.6. The third-order valence-corrected chi connectivity index (χ3v) is 4.85. The molecule has 5 N–H and O–H groups in total. The molecule has 3 rings (SSSR count). The van der Waals surface area contributed by atoms with Crippen LogP contribution in [-0.4, -0.2) is 37.2 Å². The summed E-state index contributed by atoms with van der Waals surface area (Å²) in [4.78, 5) is 45.3. The van der Waals surface area contributed by atoms with Crippen molar-refractivity contribution in [2.45, 2.75) is 13.0 Å². The number of thiazole rings is 1. The van der Waals surface area contributed by atoms with E-state index in [2.05, 4.69) is 25.6 Å². The molecule has 0 aliphatic heterocycles. The highest BCUT2D eigenvalue weighted by molar-refractivity contribution is 7.09. The molecule has 0 bridgehead atoms. The number of thiophene rings is 1. The molecule has 3 heterocycles. The number of aromatic nitrogens is 3. The van der Waals surface area contributed by atoms with Gasteiger partial charge in [0.2, 0.25) is 5.75 Å². The Balaban J connectivity index is 1.83. The summed E-state index contributed by atoms with van der Waals surface area (Å²) in [5, 5.41) is 28.9. The van der Waals surface area contributed by atoms with Crippen LogP contribution >= 0.6 is 22.7 Å². The summed E-state index contributed by atoms with van der Waals surface area (Å²) in [6.45, 7) is 1.78. The van der Waals surface area contributed by atoms with Crippen LogP contribution in [0.2, 0.25) is 0 Å². The Morgan fingerprint density at radius 2 is 2.04 bits per heavy atom. The van der Waals surface area contributed by atoms with E-state index in [-0.39, 0.29) is 11.9 Å². The summed E-state index contributed by atoms with van der Waals surface area (Å²) in [6.07, 6.45) is 0. The molecule has 1 atom stereocenters. The van der Waals surface area contributed by atoms with E-state index >= 15 is 0 Å². The highest BCUT2D eigenvalue weighted by atomic mass is 32.1. The minimum atomic E-state index is -1.54. The highest BCUT2D eigenvalue weighted by Crippen LogP contribution is 2.30. The Morgan fingerprint density at radius 1 is 1.26 bits per heavy atom. The van der Waals surface area contributed by atoms with E-state index in [1.54, 1.807) is 23.2 Å². The summed E-state index contributed by atoms with van der Waals surface area (Å²) < 4.78 is 0. The van der Waals surface area contributed by atoms with Crippen LogP contribution in [0.25, 0.3) is 11.4 Å². The number of carbonyl (C=O) groups is 2. The van der Waals surface area contributed by atoms with Crippen LogP contribution in [0.1, 0.15) is 29.1 Å². The van der Waals surface area contributed by atoms with Gasteiger partial charge in [-0.2, -0.15) is 0 Å². The maximum atomic E-state index is 12.2. The molecule has 2 amide bonds. The maximum absolute atomic E-state index is 12.2. The van der Waals surface area contributed by atoms with E-state index in [0.717, 1.165) is 5.69 Å². The van der Waals surface area contributed by atoms with Crippen molar-refractivity contribution < 1.29 is 19.8 Å². The predicted octanol–water partition coefficient (Wildman–Crippen LogP) is 2.24. The van der Waals surface area contributed by atoms with E-state index in [0.29, 0.717) is 11.3 Å². The number of nitrogens with zero attached hydrogens (tertiary/aromatic N) is 2. The SMILES string of the molecule is CC(NC(=O)Nc1cscc1-c1nc(C(=O)O)c(O)c(=O)[nH]1)c1cscn1. The molecular weight excluding hydrogens is 394 g/mol. The third-order valence-electron chi connectivity index (χ3n) is 3.51. The summed E-state index contributed by atoms with van der Waals surface area (Å²) in [5.41, 5.74) is 1.26. The zero-order valence-corrected chi connectivity index (χ0v) is 15.3. The van der Waals surface area contributed by atoms with Gasteiger partial charge in [-0.3, -0.25) is 4.79 Å². The van der Waals surface area contributed by atoms with Gasteiger partial charge in [0.25, 0.3) is 5.56 Å². The lowest BCUT2D eigenvalue weighted by Crippen LogP contribution is -2.31. The van der Waals surface area contributed by atoms with Gasteiger partial charge in [-0.15, -0.1) is 22.7 Å². The zero-order valence-electron chi connectivity index (χ0n) is 13.7. The van der Waals surface area contributed by atoms with E-state index in [1.807, 2.05) is 5.38 Å². The molecule has 0 saturated carbocycles. The number of aromatic hydroxyl groups is 1. The van der Waals surface area contributed by atoms with Gasteiger partial charge in [0, 0.05) is 16.1 Å². The monoisotopic (exact) mass is 407 g/mol. The first-order valence-electron chi connectivity index (χ1n) is 7.45. The van der Waals surface area contributed by atoms with Crippen LogP contribution in [0.3, 0.4) is 0 Å². The molecule has 0 radical (unpaired) electrons. The fourth-order valence-electron chi connectivity index (χ4n) is 2.19. The van der Waals surface area contributed by atoms with Crippen molar-refractivity contribution in [1.82, 2.24) is 20.3 Å². The molecule has 1 unspecified atom stereocenters. The number of H-pyrrole nitrogens is 1. The third kappa shape index (κ3) is 3.96. The predicted molar refractivity (Wildman–Crippen MR) is 99.5 cm³/mol. The number of nitrogens with one attached hydrogen (secondary N) is 3. The molecule has 0 spiro atoms. The Morgan fingerprint density at radius 3 is 2.70 bits per heavy atom. The minimum Gasteiger partial charge on any atom is -0.501 e. The molecule has 3 aromatic heterocycles. The van der Waals surface area contributed by atoms with Crippen molar-refractivity contribution in [3.8, 4) is 17.1 Å². The maximum Gasteiger partial charge on any atom is 0.358 e. The average Bonchev–Trinajstić information content (AvgIpc) is 3.28. The standard InChI is InChI=1S/C15H13N5O5S2/c1-6(8-3-27-5-16-8)17-15(25)18-9-4-26-2-7(9)12-19-10(14(23)24)11(21)13(22)20-12/h2-6,21H,1H3,(H,23,24)(H2,17,18,25)(H,19,20,22). The number of carbonyl (C=O) groups excluding carboxylic acids is 1. The Bertz CT molecular complexity index is 1040. The molecule has 140 valence electrons. The summed E-state index contributed by atoms with van der Waals surface area (Å²) in [6, 6.07) is -0.821. The van der Waals surface area contributed by atoms with Crippen molar-refractivity contribution in [1.29, 1.82) is 0 Å². The van der Waals surface area contributed by atoms with Crippen LogP contribution in [0, 0.1) is 0 Å². The number of anilines is 1. The number of hydrogen-bond donors (Lipinski definition) is 5. The van der Waals surface area contributed by atoms with Crippen molar-refractivity contribution in [3.05, 3.63) is 43.4 Å². The molecule has 3 aromatic rings. The second-order valence-corrected chi connectivity index (χ2v) is 6.81. The fourth-order valence-corrected chi connectivity index (χ4v) is 3.60. The van der Waals surface area contributed by atoms with Crippen LogP contribution in [0.5, 0.6) is 5.75 Å². The Labute approximate surface area is 159 Å². The van der Waals surface area contributed by atoms with Crippen molar-refractivity contribution >= 4 is 40.4 Å². The fraction of sp³-hybridized carbons (Fsp3) is 0.133. The van der Waals surface area contributed by atoms with Crippen LogP contribution in [0.4, 0.5) is 10.5 Å². The number of carboxylic acids is 1.